The molecule has 2 aromatic carbocycles. The molecule has 0 fully saturated rings. The number of aromatic nitrogens is 2. The molecule has 28 heavy (non-hydrogen) atoms. The van der Waals surface area contributed by atoms with E-state index in [9.17, 15) is 9.59 Å². The SMILES string of the molecule is CCC(Oc1ccccc1C)C(=O)Nc1c(C)n(C)n(-c2ccccc2)c1=O. The van der Waals surface area contributed by atoms with Crippen LogP contribution in [0.5, 0.6) is 5.75 Å². The molecular formula is C22H25N3O3. The lowest BCUT2D eigenvalue weighted by Gasteiger charge is -2.18. The van der Waals surface area contributed by atoms with Crippen molar-refractivity contribution < 1.29 is 9.53 Å². The summed E-state index contributed by atoms with van der Waals surface area (Å²) in [5, 5.41) is 2.78. The van der Waals surface area contributed by atoms with Crippen LogP contribution in [0.1, 0.15) is 24.6 Å². The number of nitrogens with one attached hydrogen (secondary N) is 1. The lowest BCUT2D eigenvalue weighted by atomic mass is 10.2. The monoisotopic (exact) mass is 379 g/mol. The molecule has 0 aliphatic rings. The number of carbonyl (C=O) groups is 1. The van der Waals surface area contributed by atoms with Crippen LogP contribution < -0.4 is 15.6 Å². The summed E-state index contributed by atoms with van der Waals surface area (Å²) in [6, 6.07) is 16.9. The molecule has 1 N–H and O–H groups in total. The van der Waals surface area contributed by atoms with Gasteiger partial charge in [-0.25, -0.2) is 4.68 Å². The minimum atomic E-state index is -0.690. The van der Waals surface area contributed by atoms with E-state index in [1.807, 2.05) is 68.4 Å². The van der Waals surface area contributed by atoms with Gasteiger partial charge in [0, 0.05) is 7.05 Å². The molecule has 1 atom stereocenters. The summed E-state index contributed by atoms with van der Waals surface area (Å²) in [7, 11) is 1.79. The summed E-state index contributed by atoms with van der Waals surface area (Å²) in [6.07, 6.45) is -0.205. The Morgan fingerprint density at radius 3 is 2.36 bits per heavy atom. The number of aryl methyl sites for hydroxylation is 1. The van der Waals surface area contributed by atoms with E-state index in [4.69, 9.17) is 4.74 Å². The molecule has 1 heterocycles. The molecule has 0 radical (unpaired) electrons. The molecule has 1 unspecified atom stereocenters. The number of benzene rings is 2. The molecule has 0 saturated carbocycles. The number of carbonyl (C=O) groups excluding carboxylic acids is 1. The number of hydrogen-bond donors (Lipinski definition) is 1. The quantitative estimate of drug-likeness (QED) is 0.712. The van der Waals surface area contributed by atoms with E-state index in [0.29, 0.717) is 17.9 Å². The first-order chi connectivity index (χ1) is 13.4. The minimum absolute atomic E-state index is 0.267. The largest absolute Gasteiger partial charge is 0.480 e. The maximum Gasteiger partial charge on any atom is 0.295 e. The van der Waals surface area contributed by atoms with Crippen molar-refractivity contribution in [2.45, 2.75) is 33.3 Å². The second-order valence-electron chi connectivity index (χ2n) is 6.71. The summed E-state index contributed by atoms with van der Waals surface area (Å²) in [5.74, 6) is 0.327. The van der Waals surface area contributed by atoms with Gasteiger partial charge in [-0.15, -0.1) is 0 Å². The van der Waals surface area contributed by atoms with Crippen LogP contribution in [0.4, 0.5) is 5.69 Å². The van der Waals surface area contributed by atoms with Crippen LogP contribution in [0.3, 0.4) is 0 Å². The van der Waals surface area contributed by atoms with Gasteiger partial charge >= 0.3 is 0 Å². The molecule has 1 aromatic heterocycles. The summed E-state index contributed by atoms with van der Waals surface area (Å²) >= 11 is 0. The standard InChI is InChI=1S/C22H25N3O3/c1-5-18(28-19-14-10-9-11-15(19)2)21(26)23-20-16(3)24(4)25(22(20)27)17-12-7-6-8-13-17/h6-14,18H,5H2,1-4H3,(H,23,26). The van der Waals surface area contributed by atoms with Crippen molar-refractivity contribution >= 4 is 11.6 Å². The second-order valence-corrected chi connectivity index (χ2v) is 6.71. The predicted molar refractivity (Wildman–Crippen MR) is 110 cm³/mol. The van der Waals surface area contributed by atoms with Crippen molar-refractivity contribution in [1.82, 2.24) is 9.36 Å². The number of ether oxygens (including phenoxy) is 1. The van der Waals surface area contributed by atoms with Crippen LogP contribution in [0.15, 0.2) is 59.4 Å². The Labute approximate surface area is 164 Å². The van der Waals surface area contributed by atoms with E-state index in [0.717, 1.165) is 11.3 Å². The molecule has 0 saturated heterocycles. The Morgan fingerprint density at radius 1 is 1.07 bits per heavy atom. The number of anilines is 1. The molecular weight excluding hydrogens is 354 g/mol. The van der Waals surface area contributed by atoms with Crippen molar-refractivity contribution in [3.05, 3.63) is 76.2 Å². The predicted octanol–water partition coefficient (Wildman–Crippen LogP) is 3.59. The van der Waals surface area contributed by atoms with Gasteiger partial charge in [0.2, 0.25) is 0 Å². The first-order valence-corrected chi connectivity index (χ1v) is 9.31. The van der Waals surface area contributed by atoms with Crippen LogP contribution in [-0.2, 0) is 11.8 Å². The number of nitrogens with zero attached hydrogens (tertiary/aromatic N) is 2. The third kappa shape index (κ3) is 3.71. The van der Waals surface area contributed by atoms with Crippen LogP contribution >= 0.6 is 0 Å². The smallest absolute Gasteiger partial charge is 0.295 e. The van der Waals surface area contributed by atoms with Gasteiger partial charge in [0.1, 0.15) is 11.4 Å². The zero-order valence-corrected chi connectivity index (χ0v) is 16.6. The topological polar surface area (TPSA) is 65.3 Å². The van der Waals surface area contributed by atoms with Gasteiger partial charge in [0.05, 0.1) is 11.4 Å². The van der Waals surface area contributed by atoms with Crippen molar-refractivity contribution in [3.63, 3.8) is 0 Å². The molecule has 6 nitrogen and oxygen atoms in total. The second kappa shape index (κ2) is 8.17. The van der Waals surface area contributed by atoms with Crippen molar-refractivity contribution in [2.75, 3.05) is 5.32 Å². The van der Waals surface area contributed by atoms with Gasteiger partial charge < -0.3 is 10.1 Å². The highest BCUT2D eigenvalue weighted by Gasteiger charge is 2.24. The van der Waals surface area contributed by atoms with Gasteiger partial charge in [0.25, 0.3) is 11.5 Å². The lowest BCUT2D eigenvalue weighted by molar-refractivity contribution is -0.122. The lowest BCUT2D eigenvalue weighted by Crippen LogP contribution is -2.34. The Balaban J connectivity index is 1.88. The van der Waals surface area contributed by atoms with Gasteiger partial charge in [-0.1, -0.05) is 43.3 Å². The van der Waals surface area contributed by atoms with Gasteiger partial charge in [0.15, 0.2) is 6.10 Å². The van der Waals surface area contributed by atoms with E-state index in [1.54, 1.807) is 18.7 Å². The van der Waals surface area contributed by atoms with E-state index in [2.05, 4.69) is 5.32 Å². The highest BCUT2D eigenvalue weighted by molar-refractivity contribution is 5.94. The molecule has 0 aliphatic carbocycles. The molecule has 3 rings (SSSR count). The van der Waals surface area contributed by atoms with Crippen LogP contribution in [0.2, 0.25) is 0 Å². The Hall–Kier alpha value is -3.28. The molecule has 0 aliphatic heterocycles. The van der Waals surface area contributed by atoms with Crippen LogP contribution in [0, 0.1) is 13.8 Å². The number of hydrogen-bond acceptors (Lipinski definition) is 3. The maximum absolute atomic E-state index is 13.0. The third-order valence-electron chi connectivity index (χ3n) is 4.83. The average Bonchev–Trinajstić information content (AvgIpc) is 2.91. The van der Waals surface area contributed by atoms with Gasteiger partial charge in [-0.05, 0) is 44.0 Å². The van der Waals surface area contributed by atoms with Crippen LogP contribution in [-0.4, -0.2) is 21.4 Å². The Morgan fingerprint density at radius 2 is 1.71 bits per heavy atom. The van der Waals surface area contributed by atoms with Crippen molar-refractivity contribution in [1.29, 1.82) is 0 Å². The van der Waals surface area contributed by atoms with E-state index in [-0.39, 0.29) is 17.2 Å². The minimum Gasteiger partial charge on any atom is -0.480 e. The van der Waals surface area contributed by atoms with E-state index < -0.39 is 6.10 Å². The van der Waals surface area contributed by atoms with Crippen molar-refractivity contribution in [3.8, 4) is 11.4 Å². The van der Waals surface area contributed by atoms with Gasteiger partial charge in [-0.2, -0.15) is 0 Å². The summed E-state index contributed by atoms with van der Waals surface area (Å²) < 4.78 is 9.17. The molecule has 146 valence electrons. The summed E-state index contributed by atoms with van der Waals surface area (Å²) in [4.78, 5) is 25.8. The normalized spacial score (nSPS) is 11.9. The fourth-order valence-electron chi connectivity index (χ4n) is 3.08. The molecule has 0 spiro atoms. The Bertz CT molecular complexity index is 1030. The molecule has 1 amide bonds. The van der Waals surface area contributed by atoms with E-state index in [1.165, 1.54) is 4.68 Å². The zero-order chi connectivity index (χ0) is 20.3. The number of amides is 1. The molecule has 0 bridgehead atoms. The highest BCUT2D eigenvalue weighted by Crippen LogP contribution is 2.20. The maximum atomic E-state index is 13.0. The first kappa shape index (κ1) is 19.5. The third-order valence-corrected chi connectivity index (χ3v) is 4.83. The van der Waals surface area contributed by atoms with E-state index >= 15 is 0 Å². The zero-order valence-electron chi connectivity index (χ0n) is 16.6. The fourth-order valence-corrected chi connectivity index (χ4v) is 3.08. The van der Waals surface area contributed by atoms with Crippen molar-refractivity contribution in [2.24, 2.45) is 7.05 Å². The first-order valence-electron chi connectivity index (χ1n) is 9.31. The highest BCUT2D eigenvalue weighted by atomic mass is 16.5. The number of rotatable bonds is 6. The summed E-state index contributed by atoms with van der Waals surface area (Å²) in [5.41, 5.74) is 2.36. The molecule has 6 heteroatoms. The summed E-state index contributed by atoms with van der Waals surface area (Å²) in [6.45, 7) is 5.61. The fraction of sp³-hybridized carbons (Fsp3) is 0.273. The number of para-hydroxylation sites is 2. The Kier molecular flexibility index (Phi) is 5.68. The van der Waals surface area contributed by atoms with Crippen LogP contribution in [0.25, 0.3) is 5.69 Å². The van der Waals surface area contributed by atoms with Gasteiger partial charge in [-0.3, -0.25) is 14.3 Å². The average molecular weight is 379 g/mol. The molecule has 3 aromatic rings.